The van der Waals surface area contributed by atoms with Gasteiger partial charge in [-0.25, -0.2) is 0 Å². The second-order valence-electron chi connectivity index (χ2n) is 6.98. The zero-order valence-corrected chi connectivity index (χ0v) is 14.8. The Bertz CT molecular complexity index is 741. The summed E-state index contributed by atoms with van der Waals surface area (Å²) in [5.74, 6) is -0.288. The molecule has 2 aromatic carbocycles. The number of nitrogens with one attached hydrogen (secondary N) is 2. The third kappa shape index (κ3) is 5.87. The Labute approximate surface area is 148 Å². The van der Waals surface area contributed by atoms with Crippen LogP contribution in [0.25, 0.3) is 10.8 Å². The lowest BCUT2D eigenvalue weighted by molar-refractivity contribution is -0.121. The molecule has 0 saturated carbocycles. The second-order valence-corrected chi connectivity index (χ2v) is 6.98. The molecule has 0 radical (unpaired) electrons. The van der Waals surface area contributed by atoms with Crippen molar-refractivity contribution in [3.05, 3.63) is 48.0 Å². The molecule has 0 bridgehead atoms. The van der Waals surface area contributed by atoms with Crippen molar-refractivity contribution in [2.75, 3.05) is 19.7 Å². The van der Waals surface area contributed by atoms with Crippen LogP contribution in [0.1, 0.15) is 37.0 Å². The maximum absolute atomic E-state index is 12.2. The van der Waals surface area contributed by atoms with Gasteiger partial charge in [-0.05, 0) is 34.7 Å². The Balaban J connectivity index is 1.78. The van der Waals surface area contributed by atoms with Crippen LogP contribution in [0.5, 0.6) is 0 Å². The normalized spacial score (nSPS) is 11.3. The van der Waals surface area contributed by atoms with Crippen LogP contribution in [0.2, 0.25) is 0 Å². The molecular formula is C20H26N2O3. The Morgan fingerprint density at radius 2 is 1.76 bits per heavy atom. The van der Waals surface area contributed by atoms with Crippen LogP contribution < -0.4 is 10.6 Å². The van der Waals surface area contributed by atoms with E-state index in [1.807, 2.05) is 50.2 Å². The van der Waals surface area contributed by atoms with E-state index in [9.17, 15) is 9.59 Å². The number of aliphatic hydroxyl groups is 1. The number of carbonyl (C=O) groups is 2. The summed E-state index contributed by atoms with van der Waals surface area (Å²) in [5, 5.41) is 16.7. The summed E-state index contributed by atoms with van der Waals surface area (Å²) in [6, 6.07) is 13.4. The summed E-state index contributed by atoms with van der Waals surface area (Å²) in [6.07, 6.45) is 0.862. The summed E-state index contributed by atoms with van der Waals surface area (Å²) in [7, 11) is 0. The zero-order valence-electron chi connectivity index (χ0n) is 14.8. The maximum atomic E-state index is 12.2. The van der Waals surface area contributed by atoms with E-state index in [0.717, 1.165) is 10.8 Å². The van der Waals surface area contributed by atoms with Crippen molar-refractivity contribution in [1.82, 2.24) is 10.6 Å². The molecule has 2 amide bonds. The number of aliphatic hydroxyl groups excluding tert-OH is 1. The molecular weight excluding hydrogens is 316 g/mol. The predicted molar refractivity (Wildman–Crippen MR) is 99.4 cm³/mol. The van der Waals surface area contributed by atoms with E-state index in [1.54, 1.807) is 6.07 Å². The number of hydrogen-bond donors (Lipinski definition) is 3. The van der Waals surface area contributed by atoms with Crippen LogP contribution >= 0.6 is 0 Å². The van der Waals surface area contributed by atoms with E-state index < -0.39 is 0 Å². The SMILES string of the molecule is CC(C)(CCO)CNC(=O)CCNC(=O)c1ccc2ccccc2c1. The molecule has 0 aliphatic heterocycles. The van der Waals surface area contributed by atoms with Crippen LogP contribution in [0.15, 0.2) is 42.5 Å². The third-order valence-electron chi connectivity index (χ3n) is 4.20. The van der Waals surface area contributed by atoms with Crippen molar-refractivity contribution in [3.8, 4) is 0 Å². The number of benzene rings is 2. The van der Waals surface area contributed by atoms with Crippen LogP contribution in [0, 0.1) is 5.41 Å². The molecule has 0 saturated heterocycles. The average molecular weight is 342 g/mol. The van der Waals surface area contributed by atoms with E-state index >= 15 is 0 Å². The van der Waals surface area contributed by atoms with Gasteiger partial charge in [0.15, 0.2) is 0 Å². The van der Waals surface area contributed by atoms with Gasteiger partial charge in [0.05, 0.1) is 0 Å². The summed E-state index contributed by atoms with van der Waals surface area (Å²) in [4.78, 5) is 24.1. The first-order valence-corrected chi connectivity index (χ1v) is 8.56. The molecule has 0 spiro atoms. The minimum absolute atomic E-state index is 0.102. The molecule has 0 fully saturated rings. The lowest BCUT2D eigenvalue weighted by Gasteiger charge is -2.23. The molecule has 2 rings (SSSR count). The fourth-order valence-electron chi connectivity index (χ4n) is 2.54. The quantitative estimate of drug-likeness (QED) is 0.690. The lowest BCUT2D eigenvalue weighted by atomic mass is 9.90. The van der Waals surface area contributed by atoms with Gasteiger partial charge < -0.3 is 15.7 Å². The minimum atomic E-state index is -0.181. The molecule has 0 aromatic heterocycles. The second kappa shape index (κ2) is 8.62. The van der Waals surface area contributed by atoms with Gasteiger partial charge in [-0.15, -0.1) is 0 Å². The molecule has 0 heterocycles. The van der Waals surface area contributed by atoms with Crippen LogP contribution in [0.3, 0.4) is 0 Å². The van der Waals surface area contributed by atoms with E-state index in [1.165, 1.54) is 0 Å². The highest BCUT2D eigenvalue weighted by Gasteiger charge is 2.18. The zero-order chi connectivity index (χ0) is 18.3. The van der Waals surface area contributed by atoms with Crippen LogP contribution in [0.4, 0.5) is 0 Å². The lowest BCUT2D eigenvalue weighted by Crippen LogP contribution is -2.36. The summed E-state index contributed by atoms with van der Waals surface area (Å²) >= 11 is 0. The standard InChI is InChI=1S/C20H26N2O3/c1-20(2,10-12-23)14-22-18(24)9-11-21-19(25)17-8-7-15-5-3-4-6-16(15)13-17/h3-8,13,23H,9-12,14H2,1-2H3,(H,21,25)(H,22,24). The summed E-state index contributed by atoms with van der Waals surface area (Å²) < 4.78 is 0. The van der Waals surface area contributed by atoms with E-state index in [4.69, 9.17) is 5.11 Å². The van der Waals surface area contributed by atoms with Gasteiger partial charge in [0.25, 0.3) is 5.91 Å². The minimum Gasteiger partial charge on any atom is -0.396 e. The first-order valence-electron chi connectivity index (χ1n) is 8.56. The fourth-order valence-corrected chi connectivity index (χ4v) is 2.54. The number of fused-ring (bicyclic) bond motifs is 1. The molecule has 0 aliphatic rings. The van der Waals surface area contributed by atoms with E-state index in [-0.39, 0.29) is 36.8 Å². The van der Waals surface area contributed by atoms with Crippen molar-refractivity contribution >= 4 is 22.6 Å². The van der Waals surface area contributed by atoms with Gasteiger partial charge in [-0.2, -0.15) is 0 Å². The summed E-state index contributed by atoms with van der Waals surface area (Å²) in [5.41, 5.74) is 0.446. The molecule has 5 heteroatoms. The highest BCUT2D eigenvalue weighted by Crippen LogP contribution is 2.18. The van der Waals surface area contributed by atoms with E-state index in [0.29, 0.717) is 18.5 Å². The average Bonchev–Trinajstić information content (AvgIpc) is 2.59. The van der Waals surface area contributed by atoms with Crippen molar-refractivity contribution < 1.29 is 14.7 Å². The summed E-state index contributed by atoms with van der Waals surface area (Å²) in [6.45, 7) is 4.88. The highest BCUT2D eigenvalue weighted by molar-refractivity contribution is 5.98. The molecule has 5 nitrogen and oxygen atoms in total. The molecule has 134 valence electrons. The smallest absolute Gasteiger partial charge is 0.251 e. The molecule has 0 atom stereocenters. The largest absolute Gasteiger partial charge is 0.396 e. The maximum Gasteiger partial charge on any atom is 0.251 e. The Hall–Kier alpha value is -2.40. The van der Waals surface area contributed by atoms with Gasteiger partial charge in [-0.3, -0.25) is 9.59 Å². The Kier molecular flexibility index (Phi) is 6.53. The number of carbonyl (C=O) groups excluding carboxylic acids is 2. The third-order valence-corrected chi connectivity index (χ3v) is 4.20. The molecule has 0 aliphatic carbocycles. The number of hydrogen-bond acceptors (Lipinski definition) is 3. The van der Waals surface area contributed by atoms with Crippen LogP contribution in [-0.4, -0.2) is 36.6 Å². The monoisotopic (exact) mass is 342 g/mol. The predicted octanol–water partition coefficient (Wildman–Crippen LogP) is 2.48. The van der Waals surface area contributed by atoms with E-state index in [2.05, 4.69) is 10.6 Å². The van der Waals surface area contributed by atoms with Gasteiger partial charge in [0.2, 0.25) is 5.91 Å². The molecule has 2 aromatic rings. The van der Waals surface area contributed by atoms with Gasteiger partial charge in [-0.1, -0.05) is 44.2 Å². The van der Waals surface area contributed by atoms with Crippen molar-refractivity contribution in [1.29, 1.82) is 0 Å². The van der Waals surface area contributed by atoms with Gasteiger partial charge in [0.1, 0.15) is 0 Å². The van der Waals surface area contributed by atoms with Crippen molar-refractivity contribution in [2.24, 2.45) is 5.41 Å². The highest BCUT2D eigenvalue weighted by atomic mass is 16.3. The molecule has 3 N–H and O–H groups in total. The van der Waals surface area contributed by atoms with Crippen LogP contribution in [-0.2, 0) is 4.79 Å². The van der Waals surface area contributed by atoms with Crippen molar-refractivity contribution in [3.63, 3.8) is 0 Å². The topological polar surface area (TPSA) is 78.4 Å². The first kappa shape index (κ1) is 18.9. The Morgan fingerprint density at radius 3 is 2.48 bits per heavy atom. The Morgan fingerprint density at radius 1 is 1.04 bits per heavy atom. The molecule has 25 heavy (non-hydrogen) atoms. The van der Waals surface area contributed by atoms with Crippen molar-refractivity contribution in [2.45, 2.75) is 26.7 Å². The number of rotatable bonds is 8. The molecule has 0 unspecified atom stereocenters. The van der Waals surface area contributed by atoms with Gasteiger partial charge >= 0.3 is 0 Å². The van der Waals surface area contributed by atoms with Gasteiger partial charge in [0, 0.05) is 31.7 Å². The number of amides is 2. The fraction of sp³-hybridized carbons (Fsp3) is 0.400. The first-order chi connectivity index (χ1) is 11.9.